The molecule has 1 aromatic carbocycles. The number of aryl methyl sites for hydroxylation is 1. The van der Waals surface area contributed by atoms with E-state index in [1.165, 1.54) is 0 Å². The molecule has 2 nitrogen and oxygen atoms in total. The fourth-order valence-electron chi connectivity index (χ4n) is 1.43. The monoisotopic (exact) mass is 283 g/mol. The number of rotatable bonds is 5. The van der Waals surface area contributed by atoms with Gasteiger partial charge in [-0.3, -0.25) is 4.79 Å². The lowest BCUT2D eigenvalue weighted by Crippen LogP contribution is -2.25. The SMILES string of the molecule is CCC(Br)CCNC(=O)c1cccc(C)c1. The summed E-state index contributed by atoms with van der Waals surface area (Å²) in [6.07, 6.45) is 2.05. The molecule has 1 atom stereocenters. The first-order chi connectivity index (χ1) is 7.63. The first-order valence-electron chi connectivity index (χ1n) is 5.62. The molecule has 0 aliphatic rings. The van der Waals surface area contributed by atoms with Crippen molar-refractivity contribution < 1.29 is 4.79 Å². The molecule has 0 radical (unpaired) electrons. The highest BCUT2D eigenvalue weighted by Crippen LogP contribution is 2.08. The summed E-state index contributed by atoms with van der Waals surface area (Å²) in [6, 6.07) is 7.64. The fraction of sp³-hybridized carbons (Fsp3) is 0.462. The van der Waals surface area contributed by atoms with Crippen molar-refractivity contribution in [1.29, 1.82) is 0 Å². The van der Waals surface area contributed by atoms with Crippen molar-refractivity contribution in [2.75, 3.05) is 6.54 Å². The molecule has 0 heterocycles. The molecule has 0 aliphatic heterocycles. The highest BCUT2D eigenvalue weighted by molar-refractivity contribution is 9.09. The van der Waals surface area contributed by atoms with E-state index in [4.69, 9.17) is 0 Å². The number of halogens is 1. The number of carbonyl (C=O) groups excluding carboxylic acids is 1. The molecule has 1 N–H and O–H groups in total. The summed E-state index contributed by atoms with van der Waals surface area (Å²) in [5.41, 5.74) is 1.85. The number of hydrogen-bond donors (Lipinski definition) is 1. The van der Waals surface area contributed by atoms with Crippen LogP contribution in [0.4, 0.5) is 0 Å². The van der Waals surface area contributed by atoms with Gasteiger partial charge in [0.15, 0.2) is 0 Å². The zero-order valence-corrected chi connectivity index (χ0v) is 11.4. The Hall–Kier alpha value is -0.830. The van der Waals surface area contributed by atoms with Crippen LogP contribution in [0, 0.1) is 6.92 Å². The second kappa shape index (κ2) is 6.69. The van der Waals surface area contributed by atoms with Crippen molar-refractivity contribution in [3.8, 4) is 0 Å². The molecular formula is C13H18BrNO. The summed E-state index contributed by atoms with van der Waals surface area (Å²) in [5.74, 6) is 0.0134. The van der Waals surface area contributed by atoms with Crippen molar-refractivity contribution in [3.63, 3.8) is 0 Å². The van der Waals surface area contributed by atoms with Crippen LogP contribution in [0.1, 0.15) is 35.7 Å². The fourth-order valence-corrected chi connectivity index (χ4v) is 1.66. The molecule has 1 rings (SSSR count). The highest BCUT2D eigenvalue weighted by Gasteiger charge is 2.06. The lowest BCUT2D eigenvalue weighted by Gasteiger charge is -2.08. The van der Waals surface area contributed by atoms with Crippen LogP contribution in [-0.4, -0.2) is 17.3 Å². The van der Waals surface area contributed by atoms with Gasteiger partial charge < -0.3 is 5.32 Å². The van der Waals surface area contributed by atoms with Crippen LogP contribution in [0.2, 0.25) is 0 Å². The van der Waals surface area contributed by atoms with E-state index in [-0.39, 0.29) is 5.91 Å². The molecule has 88 valence electrons. The van der Waals surface area contributed by atoms with Gasteiger partial charge in [-0.1, -0.05) is 40.5 Å². The van der Waals surface area contributed by atoms with Gasteiger partial charge in [-0.15, -0.1) is 0 Å². The average Bonchev–Trinajstić information content (AvgIpc) is 2.28. The molecule has 0 aromatic heterocycles. The molecule has 0 fully saturated rings. The summed E-state index contributed by atoms with van der Waals surface area (Å²) in [6.45, 7) is 4.83. The Labute approximate surface area is 106 Å². The second-order valence-electron chi connectivity index (χ2n) is 3.92. The van der Waals surface area contributed by atoms with Gasteiger partial charge in [-0.05, 0) is 31.9 Å². The number of nitrogens with one attached hydrogen (secondary N) is 1. The lowest BCUT2D eigenvalue weighted by molar-refractivity contribution is 0.0953. The van der Waals surface area contributed by atoms with Gasteiger partial charge in [0.05, 0.1) is 0 Å². The van der Waals surface area contributed by atoms with E-state index in [1.807, 2.05) is 31.2 Å². The van der Waals surface area contributed by atoms with Gasteiger partial charge in [0.1, 0.15) is 0 Å². The number of amides is 1. The van der Waals surface area contributed by atoms with Gasteiger partial charge >= 0.3 is 0 Å². The smallest absolute Gasteiger partial charge is 0.251 e. The van der Waals surface area contributed by atoms with Gasteiger partial charge in [0, 0.05) is 16.9 Å². The third-order valence-electron chi connectivity index (χ3n) is 2.47. The number of benzene rings is 1. The number of hydrogen-bond acceptors (Lipinski definition) is 1. The minimum Gasteiger partial charge on any atom is -0.352 e. The zero-order valence-electron chi connectivity index (χ0n) is 9.79. The summed E-state index contributed by atoms with van der Waals surface area (Å²) in [4.78, 5) is 12.2. The first kappa shape index (κ1) is 13.2. The van der Waals surface area contributed by atoms with Crippen LogP contribution in [-0.2, 0) is 0 Å². The van der Waals surface area contributed by atoms with Gasteiger partial charge in [-0.2, -0.15) is 0 Å². The Morgan fingerprint density at radius 2 is 2.25 bits per heavy atom. The maximum atomic E-state index is 11.7. The summed E-state index contributed by atoms with van der Waals surface area (Å²) in [7, 11) is 0. The Bertz CT molecular complexity index is 352. The number of alkyl halides is 1. The van der Waals surface area contributed by atoms with Crippen LogP contribution in [0.3, 0.4) is 0 Å². The van der Waals surface area contributed by atoms with Crippen LogP contribution in [0.5, 0.6) is 0 Å². The third-order valence-corrected chi connectivity index (χ3v) is 3.57. The third kappa shape index (κ3) is 4.35. The van der Waals surface area contributed by atoms with Crippen LogP contribution in [0.25, 0.3) is 0 Å². The molecule has 0 spiro atoms. The Morgan fingerprint density at radius 1 is 1.50 bits per heavy atom. The molecule has 0 bridgehead atoms. The molecule has 3 heteroatoms. The Kier molecular flexibility index (Phi) is 5.53. The van der Waals surface area contributed by atoms with E-state index in [0.717, 1.165) is 30.5 Å². The summed E-state index contributed by atoms with van der Waals surface area (Å²) < 4.78 is 0. The maximum absolute atomic E-state index is 11.7. The topological polar surface area (TPSA) is 29.1 Å². The number of carbonyl (C=O) groups is 1. The molecule has 1 amide bonds. The molecule has 1 aromatic rings. The predicted octanol–water partition coefficient (Wildman–Crippen LogP) is 3.29. The molecule has 0 saturated heterocycles. The predicted molar refractivity (Wildman–Crippen MR) is 71.1 cm³/mol. The second-order valence-corrected chi connectivity index (χ2v) is 5.21. The van der Waals surface area contributed by atoms with Crippen molar-refractivity contribution in [3.05, 3.63) is 35.4 Å². The first-order valence-corrected chi connectivity index (χ1v) is 6.54. The highest BCUT2D eigenvalue weighted by atomic mass is 79.9. The largest absolute Gasteiger partial charge is 0.352 e. The Morgan fingerprint density at radius 3 is 2.88 bits per heavy atom. The molecule has 0 saturated carbocycles. The normalized spacial score (nSPS) is 12.2. The quantitative estimate of drug-likeness (QED) is 0.826. The molecule has 16 heavy (non-hydrogen) atoms. The van der Waals surface area contributed by atoms with Crippen LogP contribution in [0.15, 0.2) is 24.3 Å². The lowest BCUT2D eigenvalue weighted by atomic mass is 10.1. The van der Waals surface area contributed by atoms with E-state index >= 15 is 0 Å². The summed E-state index contributed by atoms with van der Waals surface area (Å²) >= 11 is 3.54. The van der Waals surface area contributed by atoms with E-state index in [0.29, 0.717) is 4.83 Å². The van der Waals surface area contributed by atoms with Crippen molar-refractivity contribution in [1.82, 2.24) is 5.32 Å². The van der Waals surface area contributed by atoms with Crippen LogP contribution >= 0.6 is 15.9 Å². The average molecular weight is 284 g/mol. The minimum absolute atomic E-state index is 0.0134. The van der Waals surface area contributed by atoms with Gasteiger partial charge in [0.25, 0.3) is 5.91 Å². The van der Waals surface area contributed by atoms with Crippen molar-refractivity contribution in [2.45, 2.75) is 31.5 Å². The summed E-state index contributed by atoms with van der Waals surface area (Å²) in [5, 5.41) is 2.92. The standard InChI is InChI=1S/C13H18BrNO/c1-3-12(14)7-8-15-13(16)11-6-4-5-10(2)9-11/h4-6,9,12H,3,7-8H2,1-2H3,(H,15,16). The van der Waals surface area contributed by atoms with E-state index < -0.39 is 0 Å². The molecular weight excluding hydrogens is 266 g/mol. The maximum Gasteiger partial charge on any atom is 0.251 e. The Balaban J connectivity index is 2.41. The van der Waals surface area contributed by atoms with Crippen molar-refractivity contribution in [2.24, 2.45) is 0 Å². The van der Waals surface area contributed by atoms with Crippen LogP contribution < -0.4 is 5.32 Å². The van der Waals surface area contributed by atoms with E-state index in [1.54, 1.807) is 0 Å². The zero-order chi connectivity index (χ0) is 12.0. The molecule has 0 aliphatic carbocycles. The minimum atomic E-state index is 0.0134. The molecule has 1 unspecified atom stereocenters. The van der Waals surface area contributed by atoms with E-state index in [2.05, 4.69) is 28.2 Å². The van der Waals surface area contributed by atoms with Crippen molar-refractivity contribution >= 4 is 21.8 Å². The van der Waals surface area contributed by atoms with E-state index in [9.17, 15) is 4.79 Å². The van der Waals surface area contributed by atoms with Gasteiger partial charge in [-0.25, -0.2) is 0 Å². The van der Waals surface area contributed by atoms with Gasteiger partial charge in [0.2, 0.25) is 0 Å².